The second-order valence-corrected chi connectivity index (χ2v) is 9.44. The lowest BCUT2D eigenvalue weighted by Gasteiger charge is -2.37. The first-order chi connectivity index (χ1) is 17.3. The largest absolute Gasteiger partial charge is 0.472 e. The average Bonchev–Trinajstić information content (AvgIpc) is 2.90. The number of likely N-dealkylation sites (N-methyl/N-ethyl adjacent to an activating group) is 1. The molecule has 36 heavy (non-hydrogen) atoms. The molecule has 1 aromatic carbocycles. The smallest absolute Gasteiger partial charge is 0.259 e. The summed E-state index contributed by atoms with van der Waals surface area (Å²) in [7, 11) is 1.72. The molecule has 0 radical (unpaired) electrons. The third-order valence-corrected chi connectivity index (χ3v) is 6.69. The van der Waals surface area contributed by atoms with Gasteiger partial charge in [0.2, 0.25) is 5.88 Å². The van der Waals surface area contributed by atoms with Crippen molar-refractivity contribution >= 4 is 11.8 Å². The summed E-state index contributed by atoms with van der Waals surface area (Å²) >= 11 is 0. The minimum Gasteiger partial charge on any atom is -0.472 e. The zero-order chi connectivity index (χ0) is 25.8. The number of aryl methyl sites for hydroxylation is 1. The van der Waals surface area contributed by atoms with E-state index in [1.165, 1.54) is 6.20 Å². The molecule has 3 aromatic rings. The molecule has 8 nitrogen and oxygen atoms in total. The van der Waals surface area contributed by atoms with Crippen LogP contribution in [0.5, 0.6) is 5.88 Å². The highest BCUT2D eigenvalue weighted by molar-refractivity contribution is 5.98. The Morgan fingerprint density at radius 2 is 2.00 bits per heavy atom. The molecule has 0 unspecified atom stereocenters. The van der Waals surface area contributed by atoms with Crippen LogP contribution in [0.4, 0.5) is 0 Å². The van der Waals surface area contributed by atoms with E-state index >= 15 is 0 Å². The van der Waals surface area contributed by atoms with E-state index in [0.29, 0.717) is 24.2 Å². The fraction of sp³-hybridized carbons (Fsp3) is 0.357. The Bertz CT molecular complexity index is 1230. The molecule has 3 atom stereocenters. The summed E-state index contributed by atoms with van der Waals surface area (Å²) in [6.07, 6.45) is 4.45. The summed E-state index contributed by atoms with van der Waals surface area (Å²) in [5.74, 6) is -0.301. The number of benzene rings is 1. The molecule has 188 valence electrons. The average molecular weight is 489 g/mol. The van der Waals surface area contributed by atoms with E-state index in [2.05, 4.69) is 9.97 Å². The van der Waals surface area contributed by atoms with Gasteiger partial charge in [0.15, 0.2) is 0 Å². The first-order valence-corrected chi connectivity index (χ1v) is 12.1. The van der Waals surface area contributed by atoms with Gasteiger partial charge in [-0.3, -0.25) is 14.6 Å². The molecular weight excluding hydrogens is 456 g/mol. The number of pyridine rings is 2. The van der Waals surface area contributed by atoms with E-state index in [9.17, 15) is 14.7 Å². The predicted octanol–water partition coefficient (Wildman–Crippen LogP) is 3.44. The quantitative estimate of drug-likeness (QED) is 0.571. The molecule has 2 aromatic heterocycles. The summed E-state index contributed by atoms with van der Waals surface area (Å²) in [5, 5.41) is 9.88. The second kappa shape index (κ2) is 10.9. The van der Waals surface area contributed by atoms with Gasteiger partial charge in [0, 0.05) is 43.7 Å². The highest BCUT2D eigenvalue weighted by Crippen LogP contribution is 2.31. The van der Waals surface area contributed by atoms with Crippen LogP contribution >= 0.6 is 0 Å². The van der Waals surface area contributed by atoms with Crippen LogP contribution in [0.3, 0.4) is 0 Å². The summed E-state index contributed by atoms with van der Waals surface area (Å²) in [5.41, 5.74) is 3.70. The van der Waals surface area contributed by atoms with E-state index in [4.69, 9.17) is 4.74 Å². The van der Waals surface area contributed by atoms with Crippen LogP contribution in [-0.2, 0) is 0 Å². The van der Waals surface area contributed by atoms with Gasteiger partial charge < -0.3 is 19.6 Å². The maximum atomic E-state index is 13.6. The lowest BCUT2D eigenvalue weighted by molar-refractivity contribution is 0.0313. The first kappa shape index (κ1) is 25.3. The third-order valence-electron chi connectivity index (χ3n) is 6.69. The monoisotopic (exact) mass is 488 g/mol. The number of carbonyl (C=O) groups excluding carboxylic acids is 2. The number of aliphatic hydroxyl groups excluding tert-OH is 1. The molecule has 1 aliphatic rings. The summed E-state index contributed by atoms with van der Waals surface area (Å²) < 4.78 is 6.33. The van der Waals surface area contributed by atoms with E-state index in [1.807, 2.05) is 51.1 Å². The van der Waals surface area contributed by atoms with Crippen molar-refractivity contribution in [1.82, 2.24) is 19.8 Å². The fourth-order valence-electron chi connectivity index (χ4n) is 4.43. The summed E-state index contributed by atoms with van der Waals surface area (Å²) in [4.78, 5) is 38.5. The van der Waals surface area contributed by atoms with Crippen LogP contribution in [0, 0.1) is 12.8 Å². The van der Waals surface area contributed by atoms with Gasteiger partial charge in [-0.25, -0.2) is 4.98 Å². The van der Waals surface area contributed by atoms with E-state index in [0.717, 1.165) is 16.7 Å². The van der Waals surface area contributed by atoms with Gasteiger partial charge in [0.05, 0.1) is 24.8 Å². The normalized spacial score (nSPS) is 18.5. The van der Waals surface area contributed by atoms with Crippen LogP contribution in [-0.4, -0.2) is 75.6 Å². The first-order valence-electron chi connectivity index (χ1n) is 12.1. The molecule has 1 aliphatic heterocycles. The molecule has 1 N–H and O–H groups in total. The Morgan fingerprint density at radius 1 is 1.22 bits per heavy atom. The Morgan fingerprint density at radius 3 is 2.69 bits per heavy atom. The number of rotatable bonds is 6. The Balaban J connectivity index is 1.70. The predicted molar refractivity (Wildman–Crippen MR) is 137 cm³/mol. The minimum absolute atomic E-state index is 0.127. The van der Waals surface area contributed by atoms with Gasteiger partial charge in [0.25, 0.3) is 11.8 Å². The van der Waals surface area contributed by atoms with Gasteiger partial charge in [-0.05, 0) is 43.2 Å². The third kappa shape index (κ3) is 5.23. The fourth-order valence-corrected chi connectivity index (χ4v) is 4.43. The highest BCUT2D eigenvalue weighted by Gasteiger charge is 2.35. The molecule has 0 aliphatic carbocycles. The van der Waals surface area contributed by atoms with Gasteiger partial charge in [-0.1, -0.05) is 31.2 Å². The molecule has 0 spiro atoms. The zero-order valence-corrected chi connectivity index (χ0v) is 21.1. The van der Waals surface area contributed by atoms with E-state index in [1.54, 1.807) is 41.4 Å². The van der Waals surface area contributed by atoms with Crippen LogP contribution in [0.2, 0.25) is 0 Å². The van der Waals surface area contributed by atoms with Crippen molar-refractivity contribution in [3.05, 3.63) is 77.7 Å². The lowest BCUT2D eigenvalue weighted by Crippen LogP contribution is -2.50. The number of amides is 2. The zero-order valence-electron chi connectivity index (χ0n) is 21.1. The van der Waals surface area contributed by atoms with Crippen molar-refractivity contribution in [1.29, 1.82) is 0 Å². The lowest BCUT2D eigenvalue weighted by atomic mass is 9.98. The van der Waals surface area contributed by atoms with Crippen molar-refractivity contribution < 1.29 is 19.4 Å². The molecule has 2 amide bonds. The number of aromatic nitrogens is 2. The van der Waals surface area contributed by atoms with Crippen molar-refractivity contribution in [3.8, 4) is 17.0 Å². The minimum atomic E-state index is -0.423. The van der Waals surface area contributed by atoms with Gasteiger partial charge in [-0.15, -0.1) is 0 Å². The Labute approximate surface area is 211 Å². The number of aliphatic hydroxyl groups is 1. The molecule has 3 heterocycles. The van der Waals surface area contributed by atoms with Crippen LogP contribution in [0.25, 0.3) is 11.1 Å². The maximum absolute atomic E-state index is 13.6. The van der Waals surface area contributed by atoms with Crippen molar-refractivity contribution in [2.24, 2.45) is 5.92 Å². The summed E-state index contributed by atoms with van der Waals surface area (Å²) in [6, 6.07) is 12.8. The number of fused-ring (bicyclic) bond motifs is 1. The number of ether oxygens (including phenoxy) is 1. The van der Waals surface area contributed by atoms with Crippen molar-refractivity contribution in [3.63, 3.8) is 0 Å². The van der Waals surface area contributed by atoms with Crippen LogP contribution in [0.1, 0.15) is 40.1 Å². The van der Waals surface area contributed by atoms with E-state index < -0.39 is 6.10 Å². The molecular formula is C28H32N4O4. The van der Waals surface area contributed by atoms with Crippen molar-refractivity contribution in [2.75, 3.05) is 26.7 Å². The number of carbonyl (C=O) groups is 2. The topological polar surface area (TPSA) is 95.9 Å². The van der Waals surface area contributed by atoms with E-state index in [-0.39, 0.29) is 36.3 Å². The standard InChI is InChI=1S/C28H32N4O4/c1-18-8-5-6-10-23(18)22-12-24-26(30-14-22)36-25(19(2)15-32(28(24)35)20(3)17-33)16-31(4)27(34)21-9-7-11-29-13-21/h5-14,19-20,25,33H,15-17H2,1-4H3/t19-,20-,25+/m0/s1. The molecule has 0 fully saturated rings. The molecule has 4 rings (SSSR count). The Kier molecular flexibility index (Phi) is 7.64. The Hall–Kier alpha value is -3.78. The number of hydrogen-bond donors (Lipinski definition) is 1. The molecule has 0 saturated heterocycles. The molecule has 0 bridgehead atoms. The molecule has 8 heteroatoms. The van der Waals surface area contributed by atoms with Crippen LogP contribution in [0.15, 0.2) is 61.1 Å². The van der Waals surface area contributed by atoms with Gasteiger partial charge in [0.1, 0.15) is 11.7 Å². The van der Waals surface area contributed by atoms with Gasteiger partial charge in [-0.2, -0.15) is 0 Å². The number of hydrogen-bond acceptors (Lipinski definition) is 6. The molecule has 0 saturated carbocycles. The van der Waals surface area contributed by atoms with Crippen molar-refractivity contribution in [2.45, 2.75) is 32.9 Å². The van der Waals surface area contributed by atoms with Gasteiger partial charge >= 0.3 is 0 Å². The summed E-state index contributed by atoms with van der Waals surface area (Å²) in [6.45, 7) is 6.31. The second-order valence-electron chi connectivity index (χ2n) is 9.44. The highest BCUT2D eigenvalue weighted by atomic mass is 16.5. The SMILES string of the molecule is Cc1ccccc1-c1cnc2c(c1)C(=O)N([C@@H](C)CO)C[C@H](C)[C@@H](CN(C)C(=O)c1cccnc1)O2. The maximum Gasteiger partial charge on any atom is 0.259 e. The van der Waals surface area contributed by atoms with Crippen LogP contribution < -0.4 is 4.74 Å². The number of nitrogens with zero attached hydrogens (tertiary/aromatic N) is 4.